The number of ether oxygens (including phenoxy) is 1. The van der Waals surface area contributed by atoms with Crippen molar-refractivity contribution in [3.8, 4) is 0 Å². The van der Waals surface area contributed by atoms with Crippen molar-refractivity contribution < 1.29 is 9.53 Å². The molecule has 1 aromatic heterocycles. The van der Waals surface area contributed by atoms with Crippen molar-refractivity contribution in [3.05, 3.63) is 47.8 Å². The lowest BCUT2D eigenvalue weighted by Gasteiger charge is -2.34. The summed E-state index contributed by atoms with van der Waals surface area (Å²) in [4.78, 5) is 18.8. The number of nitrogens with zero attached hydrogens (tertiary/aromatic N) is 4. The van der Waals surface area contributed by atoms with Gasteiger partial charge < -0.3 is 20.3 Å². The number of rotatable bonds is 5. The number of aliphatic imine (C=N–C) groups is 1. The van der Waals surface area contributed by atoms with Gasteiger partial charge in [-0.25, -0.2) is 0 Å². The second-order valence-corrected chi connectivity index (χ2v) is 6.76. The number of anilines is 1. The Morgan fingerprint density at radius 3 is 3.00 bits per heavy atom. The predicted molar refractivity (Wildman–Crippen MR) is 109 cm³/mol. The molecule has 1 aliphatic rings. The molecule has 8 heteroatoms. The number of guanidine groups is 1. The molecule has 8 nitrogen and oxygen atoms in total. The molecule has 28 heavy (non-hydrogen) atoms. The van der Waals surface area contributed by atoms with Gasteiger partial charge in [-0.1, -0.05) is 19.1 Å². The van der Waals surface area contributed by atoms with E-state index in [-0.39, 0.29) is 18.6 Å². The van der Waals surface area contributed by atoms with Crippen LogP contribution in [0.5, 0.6) is 0 Å². The largest absolute Gasteiger partial charge is 0.370 e. The van der Waals surface area contributed by atoms with Crippen molar-refractivity contribution in [2.45, 2.75) is 19.4 Å². The van der Waals surface area contributed by atoms with Crippen LogP contribution in [0.25, 0.3) is 0 Å². The molecular formula is C20H28N6O2. The van der Waals surface area contributed by atoms with E-state index >= 15 is 0 Å². The third-order valence-corrected chi connectivity index (χ3v) is 4.70. The van der Waals surface area contributed by atoms with Crippen molar-refractivity contribution in [2.75, 3.05) is 38.6 Å². The molecule has 2 N–H and O–H groups in total. The topological polar surface area (TPSA) is 83.8 Å². The van der Waals surface area contributed by atoms with Crippen LogP contribution >= 0.6 is 0 Å². The molecule has 0 radical (unpaired) electrons. The molecule has 1 fully saturated rings. The van der Waals surface area contributed by atoms with Gasteiger partial charge in [0.1, 0.15) is 6.10 Å². The zero-order chi connectivity index (χ0) is 19.9. The number of amides is 1. The van der Waals surface area contributed by atoms with Gasteiger partial charge in [0.15, 0.2) is 5.96 Å². The van der Waals surface area contributed by atoms with E-state index in [0.717, 1.165) is 24.2 Å². The standard InChI is InChI=1S/C20H28N6O2/c1-4-15-6-5-7-17(10-15)24-19(27)12-22-20(21-2)26-8-9-28-18(14-26)16-11-23-25(3)13-16/h5-7,10-11,13,18H,4,8-9,12,14H2,1-3H3,(H,21,22)(H,24,27). The Kier molecular flexibility index (Phi) is 6.65. The fourth-order valence-electron chi connectivity index (χ4n) is 3.22. The maximum atomic E-state index is 12.3. The minimum Gasteiger partial charge on any atom is -0.370 e. The number of aromatic nitrogens is 2. The summed E-state index contributed by atoms with van der Waals surface area (Å²) in [5.41, 5.74) is 3.04. The highest BCUT2D eigenvalue weighted by atomic mass is 16.5. The third kappa shape index (κ3) is 5.10. The molecule has 1 aromatic carbocycles. The molecule has 0 saturated carbocycles. The van der Waals surface area contributed by atoms with Gasteiger partial charge in [-0.3, -0.25) is 14.5 Å². The van der Waals surface area contributed by atoms with Crippen molar-refractivity contribution in [2.24, 2.45) is 12.0 Å². The molecule has 1 saturated heterocycles. The second kappa shape index (κ2) is 9.36. The molecule has 1 aliphatic heterocycles. The van der Waals surface area contributed by atoms with Crippen LogP contribution in [-0.2, 0) is 23.0 Å². The van der Waals surface area contributed by atoms with Gasteiger partial charge in [-0.2, -0.15) is 5.10 Å². The monoisotopic (exact) mass is 384 g/mol. The van der Waals surface area contributed by atoms with Crippen LogP contribution in [0.3, 0.4) is 0 Å². The van der Waals surface area contributed by atoms with Crippen LogP contribution in [0.15, 0.2) is 41.7 Å². The Morgan fingerprint density at radius 2 is 2.29 bits per heavy atom. The summed E-state index contributed by atoms with van der Waals surface area (Å²) in [6.45, 7) is 4.21. The van der Waals surface area contributed by atoms with Crippen LogP contribution in [0, 0.1) is 0 Å². The smallest absolute Gasteiger partial charge is 0.243 e. The van der Waals surface area contributed by atoms with Gasteiger partial charge in [0.2, 0.25) is 5.91 Å². The summed E-state index contributed by atoms with van der Waals surface area (Å²) < 4.78 is 7.64. The summed E-state index contributed by atoms with van der Waals surface area (Å²) in [6.07, 6.45) is 4.65. The number of aryl methyl sites for hydroxylation is 2. The van der Waals surface area contributed by atoms with E-state index in [2.05, 4.69) is 32.5 Å². The molecule has 1 unspecified atom stereocenters. The molecule has 2 aromatic rings. The highest BCUT2D eigenvalue weighted by Crippen LogP contribution is 2.21. The molecule has 1 atom stereocenters. The molecular weight excluding hydrogens is 356 g/mol. The van der Waals surface area contributed by atoms with E-state index < -0.39 is 0 Å². The van der Waals surface area contributed by atoms with Crippen LogP contribution in [0.1, 0.15) is 24.2 Å². The summed E-state index contributed by atoms with van der Waals surface area (Å²) in [7, 11) is 3.61. The second-order valence-electron chi connectivity index (χ2n) is 6.76. The number of benzene rings is 1. The zero-order valence-electron chi connectivity index (χ0n) is 16.7. The molecule has 1 amide bonds. The Bertz CT molecular complexity index is 832. The summed E-state index contributed by atoms with van der Waals surface area (Å²) in [6, 6.07) is 7.89. The van der Waals surface area contributed by atoms with E-state index in [4.69, 9.17) is 4.74 Å². The van der Waals surface area contributed by atoms with Crippen LogP contribution in [0.2, 0.25) is 0 Å². The summed E-state index contributed by atoms with van der Waals surface area (Å²) in [5, 5.41) is 10.3. The fourth-order valence-corrected chi connectivity index (χ4v) is 3.22. The molecule has 0 bridgehead atoms. The number of hydrogen-bond acceptors (Lipinski definition) is 4. The Hall–Kier alpha value is -2.87. The predicted octanol–water partition coefficient (Wildman–Crippen LogP) is 1.57. The first-order chi connectivity index (χ1) is 13.6. The first-order valence-electron chi connectivity index (χ1n) is 9.53. The van der Waals surface area contributed by atoms with Gasteiger partial charge in [0.25, 0.3) is 0 Å². The fraction of sp³-hybridized carbons (Fsp3) is 0.450. The van der Waals surface area contributed by atoms with Crippen molar-refractivity contribution >= 4 is 17.6 Å². The molecule has 0 spiro atoms. The summed E-state index contributed by atoms with van der Waals surface area (Å²) in [5.74, 6) is 0.584. The highest BCUT2D eigenvalue weighted by Gasteiger charge is 2.25. The van der Waals surface area contributed by atoms with E-state index in [0.29, 0.717) is 19.1 Å². The number of nitrogens with one attached hydrogen (secondary N) is 2. The van der Waals surface area contributed by atoms with Crippen molar-refractivity contribution in [1.82, 2.24) is 20.0 Å². The average Bonchev–Trinajstić information content (AvgIpc) is 3.15. The number of carbonyl (C=O) groups is 1. The first-order valence-corrected chi connectivity index (χ1v) is 9.53. The minimum atomic E-state index is -0.105. The Balaban J connectivity index is 1.54. The van der Waals surface area contributed by atoms with E-state index in [1.54, 1.807) is 11.7 Å². The SMILES string of the molecule is CCc1cccc(NC(=O)CNC(=NC)N2CCOC(c3cnn(C)c3)C2)c1. The molecule has 3 rings (SSSR count). The van der Waals surface area contributed by atoms with Gasteiger partial charge >= 0.3 is 0 Å². The number of carbonyl (C=O) groups excluding carboxylic acids is 1. The first kappa shape index (κ1) is 19.9. The van der Waals surface area contributed by atoms with Crippen LogP contribution < -0.4 is 10.6 Å². The Morgan fingerprint density at radius 1 is 1.43 bits per heavy atom. The highest BCUT2D eigenvalue weighted by molar-refractivity contribution is 5.95. The van der Waals surface area contributed by atoms with Gasteiger partial charge in [0.05, 0.1) is 25.9 Å². The lowest BCUT2D eigenvalue weighted by atomic mass is 10.1. The van der Waals surface area contributed by atoms with E-state index in [9.17, 15) is 4.79 Å². The lowest BCUT2D eigenvalue weighted by Crippen LogP contribution is -2.49. The number of hydrogen-bond donors (Lipinski definition) is 2. The lowest BCUT2D eigenvalue weighted by molar-refractivity contribution is -0.115. The minimum absolute atomic E-state index is 0.0633. The Labute approximate surface area is 165 Å². The quantitative estimate of drug-likeness (QED) is 0.604. The van der Waals surface area contributed by atoms with Crippen molar-refractivity contribution in [1.29, 1.82) is 0 Å². The maximum Gasteiger partial charge on any atom is 0.243 e. The van der Waals surface area contributed by atoms with Crippen LogP contribution in [0.4, 0.5) is 5.69 Å². The molecule has 150 valence electrons. The molecule has 0 aliphatic carbocycles. The van der Waals surface area contributed by atoms with E-state index in [1.807, 2.05) is 43.7 Å². The van der Waals surface area contributed by atoms with Gasteiger partial charge in [0, 0.05) is 38.1 Å². The van der Waals surface area contributed by atoms with Crippen molar-refractivity contribution in [3.63, 3.8) is 0 Å². The molecule has 2 heterocycles. The normalized spacial score (nSPS) is 17.5. The zero-order valence-corrected chi connectivity index (χ0v) is 16.7. The van der Waals surface area contributed by atoms with Crippen LogP contribution in [-0.4, -0.2) is 59.8 Å². The average molecular weight is 384 g/mol. The maximum absolute atomic E-state index is 12.3. The number of morpholine rings is 1. The summed E-state index contributed by atoms with van der Waals surface area (Å²) >= 11 is 0. The van der Waals surface area contributed by atoms with E-state index in [1.165, 1.54) is 5.56 Å². The van der Waals surface area contributed by atoms with Gasteiger partial charge in [-0.15, -0.1) is 0 Å². The van der Waals surface area contributed by atoms with Gasteiger partial charge in [-0.05, 0) is 24.1 Å². The third-order valence-electron chi connectivity index (χ3n) is 4.70.